The minimum atomic E-state index is 0.793. The molecule has 5 heteroatoms. The lowest BCUT2D eigenvalue weighted by Crippen LogP contribution is -2.17. The zero-order valence-electron chi connectivity index (χ0n) is 11.5. The Morgan fingerprint density at radius 3 is 2.70 bits per heavy atom. The molecule has 0 saturated carbocycles. The lowest BCUT2D eigenvalue weighted by molar-refractivity contribution is 0.414. The lowest BCUT2D eigenvalue weighted by atomic mass is 10.2. The maximum absolute atomic E-state index is 5.16. The normalized spacial score (nSPS) is 10.7. The van der Waals surface area contributed by atoms with E-state index < -0.39 is 0 Å². The first-order valence-corrected chi connectivity index (χ1v) is 6.41. The molecule has 0 aliphatic carbocycles. The summed E-state index contributed by atoms with van der Waals surface area (Å²) in [4.78, 5) is 6.67. The third-order valence-corrected chi connectivity index (χ3v) is 3.21. The third-order valence-electron chi connectivity index (χ3n) is 3.21. The number of aromatic nitrogens is 3. The summed E-state index contributed by atoms with van der Waals surface area (Å²) < 4.78 is 6.92. The van der Waals surface area contributed by atoms with Crippen molar-refractivity contribution < 1.29 is 4.74 Å². The predicted molar refractivity (Wildman–Crippen MR) is 78.1 cm³/mol. The molecule has 0 aliphatic heterocycles. The lowest BCUT2D eigenvalue weighted by Gasteiger charge is -2.18. The first kappa shape index (κ1) is 12.5. The quantitative estimate of drug-likeness (QED) is 0.728. The van der Waals surface area contributed by atoms with Crippen LogP contribution in [0.3, 0.4) is 0 Å². The fourth-order valence-electron chi connectivity index (χ4n) is 2.10. The maximum Gasteiger partial charge on any atom is 0.157 e. The van der Waals surface area contributed by atoms with Crippen LogP contribution in [0, 0.1) is 0 Å². The summed E-state index contributed by atoms with van der Waals surface area (Å²) in [5, 5.41) is 4.14. The van der Waals surface area contributed by atoms with Gasteiger partial charge in [-0.1, -0.05) is 12.1 Å². The Bertz CT molecular complexity index is 705. The van der Waals surface area contributed by atoms with Gasteiger partial charge in [0.1, 0.15) is 11.6 Å². The van der Waals surface area contributed by atoms with E-state index in [4.69, 9.17) is 4.74 Å². The van der Waals surface area contributed by atoms with Crippen LogP contribution in [-0.2, 0) is 6.54 Å². The fourth-order valence-corrected chi connectivity index (χ4v) is 2.10. The van der Waals surface area contributed by atoms with Gasteiger partial charge in [-0.05, 0) is 23.8 Å². The second-order valence-electron chi connectivity index (χ2n) is 4.62. The molecule has 0 atom stereocenters. The Labute approximate surface area is 117 Å². The maximum atomic E-state index is 5.16. The minimum absolute atomic E-state index is 0.793. The van der Waals surface area contributed by atoms with Gasteiger partial charge in [-0.2, -0.15) is 5.10 Å². The van der Waals surface area contributed by atoms with Gasteiger partial charge in [0.2, 0.25) is 0 Å². The SMILES string of the molecule is COc1ccc(CN(C)c2ccn3nccc3n2)cc1. The standard InChI is InChI=1S/C15H16N4O/c1-18(11-12-3-5-13(20-2)6-4-12)14-8-10-19-15(17-14)7-9-16-19/h3-10H,11H2,1-2H3. The monoisotopic (exact) mass is 268 g/mol. The van der Waals surface area contributed by atoms with Gasteiger partial charge >= 0.3 is 0 Å². The molecule has 0 unspecified atom stereocenters. The highest BCUT2D eigenvalue weighted by Gasteiger charge is 2.05. The molecule has 5 nitrogen and oxygen atoms in total. The molecular weight excluding hydrogens is 252 g/mol. The second-order valence-corrected chi connectivity index (χ2v) is 4.62. The molecular formula is C15H16N4O. The molecule has 102 valence electrons. The van der Waals surface area contributed by atoms with Crippen molar-refractivity contribution in [3.8, 4) is 5.75 Å². The average Bonchev–Trinajstić information content (AvgIpc) is 2.95. The van der Waals surface area contributed by atoms with Gasteiger partial charge in [-0.25, -0.2) is 9.50 Å². The number of fused-ring (bicyclic) bond motifs is 1. The summed E-state index contributed by atoms with van der Waals surface area (Å²) in [7, 11) is 3.70. The molecule has 0 fully saturated rings. The third kappa shape index (κ3) is 2.42. The largest absolute Gasteiger partial charge is 0.497 e. The molecule has 20 heavy (non-hydrogen) atoms. The van der Waals surface area contributed by atoms with Gasteiger partial charge in [-0.15, -0.1) is 0 Å². The van der Waals surface area contributed by atoms with Crippen molar-refractivity contribution in [1.82, 2.24) is 14.6 Å². The van der Waals surface area contributed by atoms with E-state index in [1.807, 2.05) is 37.5 Å². The van der Waals surface area contributed by atoms with Crippen LogP contribution in [0.1, 0.15) is 5.56 Å². The number of hydrogen-bond donors (Lipinski definition) is 0. The van der Waals surface area contributed by atoms with E-state index in [2.05, 4.69) is 27.1 Å². The smallest absolute Gasteiger partial charge is 0.157 e. The number of anilines is 1. The zero-order chi connectivity index (χ0) is 13.9. The van der Waals surface area contributed by atoms with Crippen molar-refractivity contribution in [2.75, 3.05) is 19.1 Å². The van der Waals surface area contributed by atoms with E-state index in [0.717, 1.165) is 23.8 Å². The Balaban J connectivity index is 1.78. The molecule has 1 aromatic carbocycles. The Hall–Kier alpha value is -2.56. The van der Waals surface area contributed by atoms with Crippen LogP contribution < -0.4 is 9.64 Å². The van der Waals surface area contributed by atoms with Crippen LogP contribution in [-0.4, -0.2) is 28.8 Å². The highest BCUT2D eigenvalue weighted by atomic mass is 16.5. The summed E-state index contributed by atoms with van der Waals surface area (Å²) in [5.74, 6) is 1.80. The van der Waals surface area contributed by atoms with Gasteiger partial charge in [-0.3, -0.25) is 0 Å². The van der Waals surface area contributed by atoms with Crippen LogP contribution in [0.2, 0.25) is 0 Å². The Morgan fingerprint density at radius 1 is 1.15 bits per heavy atom. The van der Waals surface area contributed by atoms with Gasteiger partial charge in [0.15, 0.2) is 5.65 Å². The van der Waals surface area contributed by atoms with E-state index in [1.165, 1.54) is 5.56 Å². The molecule has 0 aliphatic rings. The zero-order valence-corrected chi connectivity index (χ0v) is 11.5. The van der Waals surface area contributed by atoms with Crippen molar-refractivity contribution in [2.45, 2.75) is 6.54 Å². The first-order chi connectivity index (χ1) is 9.76. The van der Waals surface area contributed by atoms with Gasteiger partial charge in [0.05, 0.1) is 13.3 Å². The topological polar surface area (TPSA) is 42.7 Å². The Morgan fingerprint density at radius 2 is 1.95 bits per heavy atom. The van der Waals surface area contributed by atoms with Gasteiger partial charge in [0, 0.05) is 25.9 Å². The molecule has 0 saturated heterocycles. The molecule has 2 aromatic heterocycles. The number of rotatable bonds is 4. The van der Waals surface area contributed by atoms with Crippen molar-refractivity contribution in [1.29, 1.82) is 0 Å². The highest BCUT2D eigenvalue weighted by molar-refractivity contribution is 5.47. The molecule has 0 N–H and O–H groups in total. The van der Waals surface area contributed by atoms with Crippen molar-refractivity contribution in [2.24, 2.45) is 0 Å². The van der Waals surface area contributed by atoms with E-state index >= 15 is 0 Å². The molecule has 0 bridgehead atoms. The summed E-state index contributed by atoms with van der Waals surface area (Å²) in [6.07, 6.45) is 3.66. The highest BCUT2D eigenvalue weighted by Crippen LogP contribution is 2.16. The summed E-state index contributed by atoms with van der Waals surface area (Å²) >= 11 is 0. The average molecular weight is 268 g/mol. The van der Waals surface area contributed by atoms with E-state index in [9.17, 15) is 0 Å². The number of benzene rings is 1. The van der Waals surface area contributed by atoms with Crippen molar-refractivity contribution >= 4 is 11.5 Å². The van der Waals surface area contributed by atoms with Crippen molar-refractivity contribution in [3.63, 3.8) is 0 Å². The predicted octanol–water partition coefficient (Wildman–Crippen LogP) is 2.37. The van der Waals surface area contributed by atoms with E-state index in [1.54, 1.807) is 17.8 Å². The molecule has 0 radical (unpaired) electrons. The summed E-state index contributed by atoms with van der Waals surface area (Å²) in [6.45, 7) is 0.793. The van der Waals surface area contributed by atoms with Gasteiger partial charge < -0.3 is 9.64 Å². The van der Waals surface area contributed by atoms with Gasteiger partial charge in [0.25, 0.3) is 0 Å². The van der Waals surface area contributed by atoms with E-state index in [0.29, 0.717) is 0 Å². The molecule has 2 heterocycles. The molecule has 3 rings (SSSR count). The summed E-state index contributed by atoms with van der Waals surface area (Å²) in [6, 6.07) is 11.9. The number of nitrogens with zero attached hydrogens (tertiary/aromatic N) is 4. The molecule has 0 spiro atoms. The van der Waals surface area contributed by atoms with Crippen molar-refractivity contribution in [3.05, 3.63) is 54.4 Å². The molecule has 3 aromatic rings. The van der Waals surface area contributed by atoms with Crippen LogP contribution in [0.15, 0.2) is 48.8 Å². The first-order valence-electron chi connectivity index (χ1n) is 6.41. The number of hydrogen-bond acceptors (Lipinski definition) is 4. The summed E-state index contributed by atoms with van der Waals surface area (Å²) in [5.41, 5.74) is 2.06. The second kappa shape index (κ2) is 5.21. The molecule has 0 amide bonds. The van der Waals surface area contributed by atoms with E-state index in [-0.39, 0.29) is 0 Å². The Kier molecular flexibility index (Phi) is 3.25. The fraction of sp³-hybridized carbons (Fsp3) is 0.200. The van der Waals surface area contributed by atoms with Crippen LogP contribution in [0.5, 0.6) is 5.75 Å². The minimum Gasteiger partial charge on any atom is -0.497 e. The number of ether oxygens (including phenoxy) is 1. The number of methoxy groups -OCH3 is 1. The van der Waals surface area contributed by atoms with Crippen LogP contribution in [0.4, 0.5) is 5.82 Å². The van der Waals surface area contributed by atoms with Crippen LogP contribution >= 0.6 is 0 Å². The van der Waals surface area contributed by atoms with Crippen LogP contribution in [0.25, 0.3) is 5.65 Å².